The number of rotatable bonds is 2. The maximum atomic E-state index is 12.6. The third-order valence-corrected chi connectivity index (χ3v) is 4.35. The molecular formula is C17H21N3O2. The molecule has 0 aliphatic carbocycles. The molecule has 2 amide bonds. The summed E-state index contributed by atoms with van der Waals surface area (Å²) >= 11 is 0. The van der Waals surface area contributed by atoms with Crippen LogP contribution in [0.15, 0.2) is 28.8 Å². The number of carbonyl (C=O) groups is 1. The van der Waals surface area contributed by atoms with Crippen LogP contribution in [0, 0.1) is 20.8 Å². The molecule has 0 unspecified atom stereocenters. The average Bonchev–Trinajstić information content (AvgIpc) is 3.12. The molecule has 1 aromatic heterocycles. The Kier molecular flexibility index (Phi) is 3.88. The SMILES string of the molecule is Cc1cc([C@H]2CCCN2C(=O)Nc2cccc(C)c2C)no1. The zero-order valence-corrected chi connectivity index (χ0v) is 13.2. The van der Waals surface area contributed by atoms with Crippen molar-refractivity contribution in [3.05, 3.63) is 46.8 Å². The molecular weight excluding hydrogens is 278 g/mol. The van der Waals surface area contributed by atoms with Gasteiger partial charge in [-0.1, -0.05) is 17.3 Å². The molecule has 2 aromatic rings. The van der Waals surface area contributed by atoms with Gasteiger partial charge in [0.25, 0.3) is 0 Å². The molecule has 0 spiro atoms. The highest BCUT2D eigenvalue weighted by Gasteiger charge is 2.32. The first kappa shape index (κ1) is 14.6. The van der Waals surface area contributed by atoms with Crippen molar-refractivity contribution >= 4 is 11.7 Å². The number of hydrogen-bond donors (Lipinski definition) is 1. The van der Waals surface area contributed by atoms with Gasteiger partial charge in [0.2, 0.25) is 0 Å². The number of aryl methyl sites for hydroxylation is 2. The number of nitrogens with one attached hydrogen (secondary N) is 1. The molecule has 5 nitrogen and oxygen atoms in total. The zero-order chi connectivity index (χ0) is 15.7. The standard InChI is InChI=1S/C17H21N3O2/c1-11-6-4-7-14(13(11)3)18-17(21)20-9-5-8-16(20)15-10-12(2)22-19-15/h4,6-7,10,16H,5,8-9H2,1-3H3,(H,18,21)/t16-/m1/s1. The van der Waals surface area contributed by atoms with Gasteiger partial charge < -0.3 is 14.7 Å². The Morgan fingerprint density at radius 2 is 2.18 bits per heavy atom. The number of amides is 2. The fourth-order valence-corrected chi connectivity index (χ4v) is 2.93. The second-order valence-corrected chi connectivity index (χ2v) is 5.89. The van der Waals surface area contributed by atoms with Crippen LogP contribution in [-0.4, -0.2) is 22.6 Å². The number of urea groups is 1. The van der Waals surface area contributed by atoms with Gasteiger partial charge in [-0.15, -0.1) is 0 Å². The normalized spacial score (nSPS) is 17.8. The van der Waals surface area contributed by atoms with Crippen molar-refractivity contribution in [3.63, 3.8) is 0 Å². The molecule has 1 aliphatic heterocycles. The monoisotopic (exact) mass is 299 g/mol. The summed E-state index contributed by atoms with van der Waals surface area (Å²) in [4.78, 5) is 14.5. The molecule has 1 aliphatic rings. The number of nitrogens with zero attached hydrogens (tertiary/aromatic N) is 2. The highest BCUT2D eigenvalue weighted by molar-refractivity contribution is 5.90. The van der Waals surface area contributed by atoms with Gasteiger partial charge >= 0.3 is 6.03 Å². The quantitative estimate of drug-likeness (QED) is 0.912. The van der Waals surface area contributed by atoms with Crippen molar-refractivity contribution in [2.45, 2.75) is 39.7 Å². The first-order chi connectivity index (χ1) is 10.6. The van der Waals surface area contributed by atoms with Gasteiger partial charge in [0.05, 0.1) is 6.04 Å². The van der Waals surface area contributed by atoms with E-state index in [1.807, 2.05) is 49.9 Å². The molecule has 116 valence electrons. The van der Waals surface area contributed by atoms with E-state index in [9.17, 15) is 4.79 Å². The van der Waals surface area contributed by atoms with Crippen LogP contribution in [0.1, 0.15) is 41.5 Å². The summed E-state index contributed by atoms with van der Waals surface area (Å²) in [5.74, 6) is 0.775. The Labute approximate surface area is 130 Å². The van der Waals surface area contributed by atoms with Gasteiger partial charge in [-0.05, 0) is 50.8 Å². The molecule has 5 heteroatoms. The lowest BCUT2D eigenvalue weighted by molar-refractivity contribution is 0.204. The van der Waals surface area contributed by atoms with E-state index in [1.54, 1.807) is 0 Å². The van der Waals surface area contributed by atoms with Crippen LogP contribution >= 0.6 is 0 Å². The Morgan fingerprint density at radius 3 is 2.91 bits per heavy atom. The molecule has 0 saturated carbocycles. The van der Waals surface area contributed by atoms with Crippen LogP contribution in [0.5, 0.6) is 0 Å². The smallest absolute Gasteiger partial charge is 0.322 e. The topological polar surface area (TPSA) is 58.4 Å². The largest absolute Gasteiger partial charge is 0.361 e. The molecule has 1 N–H and O–H groups in total. The van der Waals surface area contributed by atoms with E-state index in [4.69, 9.17) is 4.52 Å². The number of aromatic nitrogens is 1. The molecule has 1 fully saturated rings. The first-order valence-electron chi connectivity index (χ1n) is 7.63. The number of carbonyl (C=O) groups excluding carboxylic acids is 1. The maximum Gasteiger partial charge on any atom is 0.322 e. The summed E-state index contributed by atoms with van der Waals surface area (Å²) in [6, 6.07) is 7.78. The molecule has 2 heterocycles. The molecule has 1 atom stereocenters. The van der Waals surface area contributed by atoms with Crippen molar-refractivity contribution in [1.29, 1.82) is 0 Å². The third-order valence-electron chi connectivity index (χ3n) is 4.35. The van der Waals surface area contributed by atoms with Crippen molar-refractivity contribution in [2.75, 3.05) is 11.9 Å². The number of benzene rings is 1. The van der Waals surface area contributed by atoms with Gasteiger partial charge in [0, 0.05) is 18.3 Å². The summed E-state index contributed by atoms with van der Waals surface area (Å²) in [6.45, 7) is 6.68. The minimum Gasteiger partial charge on any atom is -0.361 e. The molecule has 0 bridgehead atoms. The minimum atomic E-state index is -0.0724. The Morgan fingerprint density at radius 1 is 1.36 bits per heavy atom. The van der Waals surface area contributed by atoms with E-state index in [0.717, 1.165) is 42.1 Å². The number of likely N-dealkylation sites (tertiary alicyclic amines) is 1. The lowest BCUT2D eigenvalue weighted by Crippen LogP contribution is -2.34. The summed E-state index contributed by atoms with van der Waals surface area (Å²) in [5, 5.41) is 7.10. The second-order valence-electron chi connectivity index (χ2n) is 5.89. The Hall–Kier alpha value is -2.30. The number of anilines is 1. The zero-order valence-electron chi connectivity index (χ0n) is 13.2. The molecule has 3 rings (SSSR count). The van der Waals surface area contributed by atoms with Crippen molar-refractivity contribution in [1.82, 2.24) is 10.1 Å². The predicted octanol–water partition coefficient (Wildman–Crippen LogP) is 3.97. The fourth-order valence-electron chi connectivity index (χ4n) is 2.93. The summed E-state index contributed by atoms with van der Waals surface area (Å²) in [7, 11) is 0. The van der Waals surface area contributed by atoms with E-state index in [2.05, 4.69) is 10.5 Å². The first-order valence-corrected chi connectivity index (χ1v) is 7.63. The molecule has 1 saturated heterocycles. The minimum absolute atomic E-state index is 0.00238. The summed E-state index contributed by atoms with van der Waals surface area (Å²) < 4.78 is 5.15. The van der Waals surface area contributed by atoms with Gasteiger partial charge in [-0.25, -0.2) is 4.79 Å². The fraction of sp³-hybridized carbons (Fsp3) is 0.412. The molecule has 0 radical (unpaired) electrons. The lowest BCUT2D eigenvalue weighted by Gasteiger charge is -2.24. The average molecular weight is 299 g/mol. The molecule has 22 heavy (non-hydrogen) atoms. The van der Waals surface area contributed by atoms with Crippen molar-refractivity contribution in [3.8, 4) is 0 Å². The van der Waals surface area contributed by atoms with Gasteiger partial charge in [0.1, 0.15) is 11.5 Å². The lowest BCUT2D eigenvalue weighted by atomic mass is 10.1. The van der Waals surface area contributed by atoms with E-state index in [0.29, 0.717) is 0 Å². The van der Waals surface area contributed by atoms with Crippen LogP contribution < -0.4 is 5.32 Å². The van der Waals surface area contributed by atoms with Crippen LogP contribution in [0.3, 0.4) is 0 Å². The number of hydrogen-bond acceptors (Lipinski definition) is 3. The van der Waals surface area contributed by atoms with Gasteiger partial charge in [-0.2, -0.15) is 0 Å². The van der Waals surface area contributed by atoms with Crippen LogP contribution in [-0.2, 0) is 0 Å². The van der Waals surface area contributed by atoms with Crippen molar-refractivity contribution < 1.29 is 9.32 Å². The summed E-state index contributed by atoms with van der Waals surface area (Å²) in [5.41, 5.74) is 3.98. The summed E-state index contributed by atoms with van der Waals surface area (Å²) in [6.07, 6.45) is 1.91. The van der Waals surface area contributed by atoms with E-state index < -0.39 is 0 Å². The molecule has 1 aromatic carbocycles. The van der Waals surface area contributed by atoms with Crippen molar-refractivity contribution in [2.24, 2.45) is 0 Å². The highest BCUT2D eigenvalue weighted by Crippen LogP contribution is 2.32. The Bertz CT molecular complexity index is 693. The van der Waals surface area contributed by atoms with Crippen LogP contribution in [0.25, 0.3) is 0 Å². The Balaban J connectivity index is 1.78. The third kappa shape index (κ3) is 2.71. The highest BCUT2D eigenvalue weighted by atomic mass is 16.5. The predicted molar refractivity (Wildman–Crippen MR) is 84.9 cm³/mol. The van der Waals surface area contributed by atoms with E-state index >= 15 is 0 Å². The van der Waals surface area contributed by atoms with E-state index in [1.165, 1.54) is 5.56 Å². The van der Waals surface area contributed by atoms with E-state index in [-0.39, 0.29) is 12.1 Å². The van der Waals surface area contributed by atoms with Gasteiger partial charge in [-0.3, -0.25) is 0 Å². The van der Waals surface area contributed by atoms with Gasteiger partial charge in [0.15, 0.2) is 0 Å². The maximum absolute atomic E-state index is 12.6. The van der Waals surface area contributed by atoms with Crippen LogP contribution in [0.4, 0.5) is 10.5 Å². The second kappa shape index (κ2) is 5.83. The van der Waals surface area contributed by atoms with Crippen LogP contribution in [0.2, 0.25) is 0 Å².